The molecule has 0 spiro atoms. The van der Waals surface area contributed by atoms with Crippen LogP contribution in [-0.2, 0) is 16.6 Å². The van der Waals surface area contributed by atoms with E-state index in [1.807, 2.05) is 12.1 Å². The maximum Gasteiger partial charge on any atom is 0.0488 e. The van der Waals surface area contributed by atoms with Crippen LogP contribution in [0.15, 0.2) is 24.3 Å². The Labute approximate surface area is 113 Å². The maximum absolute atomic E-state index is 12.0. The summed E-state index contributed by atoms with van der Waals surface area (Å²) in [6, 6.07) is 8.93. The Hall–Kier alpha value is -0.670. The highest BCUT2D eigenvalue weighted by atomic mass is 32.2. The molecule has 2 unspecified atom stereocenters. The van der Waals surface area contributed by atoms with E-state index in [4.69, 9.17) is 0 Å². The zero-order valence-electron chi connectivity index (χ0n) is 11.2. The Balaban J connectivity index is 1.70. The van der Waals surface area contributed by atoms with Gasteiger partial charge in [0, 0.05) is 28.3 Å². The van der Waals surface area contributed by atoms with Gasteiger partial charge < -0.3 is 5.32 Å². The quantitative estimate of drug-likeness (QED) is 0.857. The summed E-state index contributed by atoms with van der Waals surface area (Å²) in [5.41, 5.74) is 2.48. The van der Waals surface area contributed by atoms with E-state index in [1.165, 1.54) is 30.4 Å². The van der Waals surface area contributed by atoms with Crippen LogP contribution in [0.5, 0.6) is 0 Å². The van der Waals surface area contributed by atoms with Crippen LogP contribution in [0.25, 0.3) is 0 Å². The fraction of sp³-hybridized carbons (Fsp3) is 0.600. The lowest BCUT2D eigenvalue weighted by molar-refractivity contribution is 0.551. The second kappa shape index (κ2) is 7.05. The Bertz CT molecular complexity index is 399. The van der Waals surface area contributed by atoms with Crippen molar-refractivity contribution in [3.63, 3.8) is 0 Å². The molecule has 0 bridgehead atoms. The van der Waals surface area contributed by atoms with E-state index in [-0.39, 0.29) is 0 Å². The standard InChI is InChI=1S/C15H23NOS/c1-13-6-2-3-7-14(13)12-18(17)11-5-9-15-8-4-10-16-15/h2-3,6-7,15-16H,4-5,8-12H2,1H3. The Morgan fingerprint density at radius 1 is 1.39 bits per heavy atom. The summed E-state index contributed by atoms with van der Waals surface area (Å²) < 4.78 is 12.0. The first-order valence-corrected chi connectivity index (χ1v) is 8.37. The predicted molar refractivity (Wildman–Crippen MR) is 78.2 cm³/mol. The van der Waals surface area contributed by atoms with Gasteiger partial charge in [0.2, 0.25) is 0 Å². The van der Waals surface area contributed by atoms with Gasteiger partial charge in [-0.25, -0.2) is 0 Å². The number of benzene rings is 1. The monoisotopic (exact) mass is 265 g/mol. The molecule has 1 aromatic carbocycles. The van der Waals surface area contributed by atoms with Crippen molar-refractivity contribution in [2.45, 2.75) is 44.4 Å². The van der Waals surface area contributed by atoms with Crippen LogP contribution >= 0.6 is 0 Å². The zero-order chi connectivity index (χ0) is 12.8. The van der Waals surface area contributed by atoms with Crippen molar-refractivity contribution >= 4 is 10.8 Å². The van der Waals surface area contributed by atoms with E-state index < -0.39 is 10.8 Å². The van der Waals surface area contributed by atoms with Crippen LogP contribution in [0.1, 0.15) is 36.8 Å². The summed E-state index contributed by atoms with van der Waals surface area (Å²) >= 11 is 0. The second-order valence-electron chi connectivity index (χ2n) is 5.15. The van der Waals surface area contributed by atoms with Crippen molar-refractivity contribution in [1.29, 1.82) is 0 Å². The molecule has 1 saturated heterocycles. The van der Waals surface area contributed by atoms with E-state index in [0.717, 1.165) is 18.7 Å². The molecule has 2 nitrogen and oxygen atoms in total. The highest BCUT2D eigenvalue weighted by Crippen LogP contribution is 2.13. The molecule has 0 radical (unpaired) electrons. The van der Waals surface area contributed by atoms with Gasteiger partial charge in [0.1, 0.15) is 0 Å². The number of aryl methyl sites for hydroxylation is 1. The highest BCUT2D eigenvalue weighted by Gasteiger charge is 2.13. The Morgan fingerprint density at radius 2 is 2.22 bits per heavy atom. The lowest BCUT2D eigenvalue weighted by atomic mass is 10.1. The third-order valence-electron chi connectivity index (χ3n) is 3.66. The molecule has 3 heteroatoms. The highest BCUT2D eigenvalue weighted by molar-refractivity contribution is 7.84. The lowest BCUT2D eigenvalue weighted by Gasteiger charge is -2.10. The molecule has 1 N–H and O–H groups in total. The average Bonchev–Trinajstić information content (AvgIpc) is 2.85. The van der Waals surface area contributed by atoms with Gasteiger partial charge in [-0.2, -0.15) is 0 Å². The molecule has 100 valence electrons. The van der Waals surface area contributed by atoms with Crippen molar-refractivity contribution in [2.24, 2.45) is 0 Å². The molecule has 2 rings (SSSR count). The lowest BCUT2D eigenvalue weighted by Crippen LogP contribution is -2.21. The van der Waals surface area contributed by atoms with E-state index in [1.54, 1.807) is 0 Å². The molecule has 1 heterocycles. The predicted octanol–water partition coefficient (Wildman–Crippen LogP) is 2.78. The first kappa shape index (κ1) is 13.8. The molecule has 0 saturated carbocycles. The molecular formula is C15H23NOS. The number of hydrogen-bond acceptors (Lipinski definition) is 2. The first-order valence-electron chi connectivity index (χ1n) is 6.88. The van der Waals surface area contributed by atoms with Gasteiger partial charge in [0.15, 0.2) is 0 Å². The summed E-state index contributed by atoms with van der Waals surface area (Å²) in [5.74, 6) is 1.55. The normalized spacial score (nSPS) is 21.1. The van der Waals surface area contributed by atoms with Crippen LogP contribution in [0.3, 0.4) is 0 Å². The largest absolute Gasteiger partial charge is 0.314 e. The third kappa shape index (κ3) is 4.21. The van der Waals surface area contributed by atoms with Crippen molar-refractivity contribution in [3.8, 4) is 0 Å². The summed E-state index contributed by atoms with van der Waals surface area (Å²) in [5, 5.41) is 3.49. The van der Waals surface area contributed by atoms with Gasteiger partial charge in [0.05, 0.1) is 0 Å². The average molecular weight is 265 g/mol. The van der Waals surface area contributed by atoms with Gasteiger partial charge in [-0.05, 0) is 50.3 Å². The van der Waals surface area contributed by atoms with E-state index in [0.29, 0.717) is 11.8 Å². The van der Waals surface area contributed by atoms with Crippen molar-refractivity contribution in [1.82, 2.24) is 5.32 Å². The molecule has 1 aliphatic rings. The van der Waals surface area contributed by atoms with Crippen LogP contribution in [0.2, 0.25) is 0 Å². The topological polar surface area (TPSA) is 29.1 Å². The number of rotatable bonds is 6. The smallest absolute Gasteiger partial charge is 0.0488 e. The SMILES string of the molecule is Cc1ccccc1CS(=O)CCCC1CCCN1. The van der Waals surface area contributed by atoms with Crippen molar-refractivity contribution in [3.05, 3.63) is 35.4 Å². The van der Waals surface area contributed by atoms with Crippen LogP contribution in [-0.4, -0.2) is 22.5 Å². The molecule has 0 aliphatic carbocycles. The van der Waals surface area contributed by atoms with Gasteiger partial charge in [-0.1, -0.05) is 24.3 Å². The minimum absolute atomic E-state index is 0.681. The van der Waals surface area contributed by atoms with E-state index in [2.05, 4.69) is 24.4 Å². The number of nitrogens with one attached hydrogen (secondary N) is 1. The van der Waals surface area contributed by atoms with Crippen LogP contribution in [0.4, 0.5) is 0 Å². The van der Waals surface area contributed by atoms with E-state index in [9.17, 15) is 4.21 Å². The molecule has 0 amide bonds. The second-order valence-corrected chi connectivity index (χ2v) is 6.73. The van der Waals surface area contributed by atoms with Crippen molar-refractivity contribution < 1.29 is 4.21 Å². The third-order valence-corrected chi connectivity index (χ3v) is 5.04. The molecule has 1 aliphatic heterocycles. The fourth-order valence-electron chi connectivity index (χ4n) is 2.51. The number of hydrogen-bond donors (Lipinski definition) is 1. The molecule has 2 atom stereocenters. The zero-order valence-corrected chi connectivity index (χ0v) is 12.0. The van der Waals surface area contributed by atoms with Gasteiger partial charge in [0.25, 0.3) is 0 Å². The first-order chi connectivity index (χ1) is 8.75. The maximum atomic E-state index is 12.0. The Kier molecular flexibility index (Phi) is 5.39. The summed E-state index contributed by atoms with van der Waals surface area (Å²) in [4.78, 5) is 0. The summed E-state index contributed by atoms with van der Waals surface area (Å²) in [6.07, 6.45) is 4.86. The Morgan fingerprint density at radius 3 is 2.94 bits per heavy atom. The minimum atomic E-state index is -0.709. The fourth-order valence-corrected chi connectivity index (χ4v) is 3.82. The van der Waals surface area contributed by atoms with Gasteiger partial charge >= 0.3 is 0 Å². The van der Waals surface area contributed by atoms with Crippen LogP contribution in [0, 0.1) is 6.92 Å². The molecule has 1 aromatic rings. The molecule has 1 fully saturated rings. The van der Waals surface area contributed by atoms with Gasteiger partial charge in [-0.3, -0.25) is 4.21 Å². The van der Waals surface area contributed by atoms with Crippen molar-refractivity contribution in [2.75, 3.05) is 12.3 Å². The molecular weight excluding hydrogens is 242 g/mol. The minimum Gasteiger partial charge on any atom is -0.314 e. The van der Waals surface area contributed by atoms with Gasteiger partial charge in [-0.15, -0.1) is 0 Å². The van der Waals surface area contributed by atoms with Crippen LogP contribution < -0.4 is 5.32 Å². The summed E-state index contributed by atoms with van der Waals surface area (Å²) in [7, 11) is -0.709. The molecule has 18 heavy (non-hydrogen) atoms. The molecule has 0 aromatic heterocycles. The summed E-state index contributed by atoms with van der Waals surface area (Å²) in [6.45, 7) is 3.26. The van der Waals surface area contributed by atoms with E-state index >= 15 is 0 Å².